The molecule has 0 amide bonds. The maximum absolute atomic E-state index is 10.8. The van der Waals surface area contributed by atoms with Crippen molar-refractivity contribution in [1.29, 1.82) is 0 Å². The lowest BCUT2D eigenvalue weighted by Gasteiger charge is -2.23. The Labute approximate surface area is 86.1 Å². The molecule has 0 rings (SSSR count). The molecule has 0 radical (unpaired) electrons. The first kappa shape index (κ1) is 13.1. The maximum Gasteiger partial charge on any atom is 0.349 e. The van der Waals surface area contributed by atoms with Crippen LogP contribution in [0.5, 0.6) is 0 Å². The molecule has 0 aliphatic rings. The lowest BCUT2D eigenvalue weighted by Crippen LogP contribution is -2.36. The molecule has 0 saturated carbocycles. The quantitative estimate of drug-likeness (QED) is 0.298. The first-order chi connectivity index (χ1) is 6.45. The molecule has 14 heavy (non-hydrogen) atoms. The molecular formula is C10H21N2O2+. The average molecular weight is 201 g/mol. The molecule has 0 heterocycles. The number of allylic oxidation sites excluding steroid dienone is 1. The molecule has 0 bridgehead atoms. The van der Waals surface area contributed by atoms with Crippen LogP contribution >= 0.6 is 0 Å². The molecule has 4 heteroatoms. The van der Waals surface area contributed by atoms with Crippen molar-refractivity contribution >= 4 is 5.97 Å². The van der Waals surface area contributed by atoms with Gasteiger partial charge in [0.15, 0.2) is 0 Å². The molecule has 82 valence electrons. The first-order valence-corrected chi connectivity index (χ1v) is 4.82. The van der Waals surface area contributed by atoms with E-state index in [0.29, 0.717) is 6.54 Å². The number of nitrogens with zero attached hydrogens (tertiary/aromatic N) is 1. The highest BCUT2D eigenvalue weighted by Crippen LogP contribution is 1.91. The van der Waals surface area contributed by atoms with Crippen molar-refractivity contribution < 1.29 is 14.1 Å². The lowest BCUT2D eigenvalue weighted by molar-refractivity contribution is -0.870. The molecule has 0 atom stereocenters. The van der Waals surface area contributed by atoms with Crippen molar-refractivity contribution in [3.05, 3.63) is 12.2 Å². The van der Waals surface area contributed by atoms with Crippen LogP contribution < -0.4 is 5.48 Å². The summed E-state index contributed by atoms with van der Waals surface area (Å²) < 4.78 is 0.921. The minimum Gasteiger partial charge on any atom is -0.367 e. The molecule has 0 unspecified atom stereocenters. The number of hydrogen-bond acceptors (Lipinski definition) is 3. The molecule has 0 aromatic carbocycles. The second-order valence-electron chi connectivity index (χ2n) is 4.18. The Morgan fingerprint density at radius 3 is 2.57 bits per heavy atom. The Morgan fingerprint density at radius 2 is 2.07 bits per heavy atom. The lowest BCUT2D eigenvalue weighted by atomic mass is 10.4. The van der Waals surface area contributed by atoms with Crippen molar-refractivity contribution in [2.45, 2.75) is 13.3 Å². The summed E-state index contributed by atoms with van der Waals surface area (Å²) in [4.78, 5) is 15.5. The third-order valence-corrected chi connectivity index (χ3v) is 1.58. The number of quaternary nitrogens is 1. The largest absolute Gasteiger partial charge is 0.367 e. The Balaban J connectivity index is 3.35. The van der Waals surface area contributed by atoms with Crippen LogP contribution in [0.3, 0.4) is 0 Å². The van der Waals surface area contributed by atoms with Crippen molar-refractivity contribution in [1.82, 2.24) is 5.48 Å². The fourth-order valence-corrected chi connectivity index (χ4v) is 0.918. The standard InChI is InChI=1S/C10H21N2O2/c1-5-7-10(13)14-11-8-6-9-12(2,3)4/h5,7,11H,6,8-9H2,1-4H3/q+1. The van der Waals surface area contributed by atoms with Crippen LogP contribution in [-0.4, -0.2) is 44.7 Å². The van der Waals surface area contributed by atoms with Gasteiger partial charge in [0.25, 0.3) is 0 Å². The summed E-state index contributed by atoms with van der Waals surface area (Å²) in [6.07, 6.45) is 4.01. The van der Waals surface area contributed by atoms with Gasteiger partial charge in [0, 0.05) is 19.0 Å². The fraction of sp³-hybridized carbons (Fsp3) is 0.700. The first-order valence-electron chi connectivity index (χ1n) is 4.82. The van der Waals surface area contributed by atoms with Crippen LogP contribution in [0.2, 0.25) is 0 Å². The summed E-state index contributed by atoms with van der Waals surface area (Å²) in [7, 11) is 6.39. The third-order valence-electron chi connectivity index (χ3n) is 1.58. The summed E-state index contributed by atoms with van der Waals surface area (Å²) in [6, 6.07) is 0. The molecule has 0 fully saturated rings. The van der Waals surface area contributed by atoms with E-state index in [1.165, 1.54) is 6.08 Å². The van der Waals surface area contributed by atoms with Crippen molar-refractivity contribution in [2.24, 2.45) is 0 Å². The van der Waals surface area contributed by atoms with Gasteiger partial charge in [-0.2, -0.15) is 5.48 Å². The van der Waals surface area contributed by atoms with Gasteiger partial charge in [0.1, 0.15) is 0 Å². The van der Waals surface area contributed by atoms with E-state index in [2.05, 4.69) is 26.6 Å². The fourth-order valence-electron chi connectivity index (χ4n) is 0.918. The van der Waals surface area contributed by atoms with Crippen LogP contribution in [0.15, 0.2) is 12.2 Å². The molecule has 1 N–H and O–H groups in total. The molecular weight excluding hydrogens is 180 g/mol. The maximum atomic E-state index is 10.8. The van der Waals surface area contributed by atoms with Gasteiger partial charge >= 0.3 is 5.97 Å². The van der Waals surface area contributed by atoms with Crippen molar-refractivity contribution in [3.63, 3.8) is 0 Å². The summed E-state index contributed by atoms with van der Waals surface area (Å²) in [5.74, 6) is -0.349. The van der Waals surface area contributed by atoms with Crippen LogP contribution in [0, 0.1) is 0 Å². The smallest absolute Gasteiger partial charge is 0.349 e. The van der Waals surface area contributed by atoms with Crippen LogP contribution in [0.4, 0.5) is 0 Å². The van der Waals surface area contributed by atoms with Gasteiger partial charge in [-0.3, -0.25) is 0 Å². The van der Waals surface area contributed by atoms with E-state index in [-0.39, 0.29) is 5.97 Å². The number of carbonyl (C=O) groups is 1. The van der Waals surface area contributed by atoms with E-state index in [9.17, 15) is 4.79 Å². The number of hydrogen-bond donors (Lipinski definition) is 1. The summed E-state index contributed by atoms with van der Waals surface area (Å²) in [5.41, 5.74) is 2.63. The van der Waals surface area contributed by atoms with E-state index in [1.807, 2.05) is 0 Å². The molecule has 0 aliphatic heterocycles. The second-order valence-corrected chi connectivity index (χ2v) is 4.18. The van der Waals surface area contributed by atoms with Gasteiger partial charge in [-0.05, 0) is 6.92 Å². The van der Waals surface area contributed by atoms with E-state index in [0.717, 1.165) is 17.4 Å². The molecule has 0 spiro atoms. The SMILES string of the molecule is CC=CC(=O)ONCCC[N+](C)(C)C. The normalized spacial score (nSPS) is 12.0. The van der Waals surface area contributed by atoms with Crippen LogP contribution in [0.1, 0.15) is 13.3 Å². The summed E-state index contributed by atoms with van der Waals surface area (Å²) >= 11 is 0. The topological polar surface area (TPSA) is 38.3 Å². The van der Waals surface area contributed by atoms with Crippen LogP contribution in [0.25, 0.3) is 0 Å². The molecule has 4 nitrogen and oxygen atoms in total. The Morgan fingerprint density at radius 1 is 1.43 bits per heavy atom. The Kier molecular flexibility index (Phi) is 6.16. The average Bonchev–Trinajstić information content (AvgIpc) is 2.02. The van der Waals surface area contributed by atoms with Gasteiger partial charge in [-0.15, -0.1) is 0 Å². The Bertz CT molecular complexity index is 195. The van der Waals surface area contributed by atoms with E-state index in [1.54, 1.807) is 13.0 Å². The second kappa shape index (κ2) is 6.56. The van der Waals surface area contributed by atoms with Gasteiger partial charge in [0.2, 0.25) is 0 Å². The highest BCUT2D eigenvalue weighted by Gasteiger charge is 2.05. The van der Waals surface area contributed by atoms with Gasteiger partial charge < -0.3 is 9.32 Å². The van der Waals surface area contributed by atoms with E-state index in [4.69, 9.17) is 4.84 Å². The highest BCUT2D eigenvalue weighted by molar-refractivity contribution is 5.81. The summed E-state index contributed by atoms with van der Waals surface area (Å²) in [5, 5.41) is 0. The Hall–Kier alpha value is -0.870. The van der Waals surface area contributed by atoms with Crippen molar-refractivity contribution in [2.75, 3.05) is 34.2 Å². The van der Waals surface area contributed by atoms with E-state index >= 15 is 0 Å². The number of carbonyl (C=O) groups excluding carboxylic acids is 1. The zero-order chi connectivity index (χ0) is 11.0. The molecule has 0 aromatic heterocycles. The van der Waals surface area contributed by atoms with Crippen LogP contribution in [-0.2, 0) is 9.63 Å². The number of hydroxylamine groups is 1. The zero-order valence-corrected chi connectivity index (χ0v) is 9.54. The zero-order valence-electron chi connectivity index (χ0n) is 9.54. The minimum atomic E-state index is -0.349. The van der Waals surface area contributed by atoms with Crippen molar-refractivity contribution in [3.8, 4) is 0 Å². The number of rotatable bonds is 6. The predicted molar refractivity (Wildman–Crippen MR) is 56.4 cm³/mol. The van der Waals surface area contributed by atoms with Gasteiger partial charge in [0.05, 0.1) is 27.7 Å². The minimum absolute atomic E-state index is 0.349. The highest BCUT2D eigenvalue weighted by atomic mass is 16.7. The monoisotopic (exact) mass is 201 g/mol. The van der Waals surface area contributed by atoms with E-state index < -0.39 is 0 Å². The van der Waals surface area contributed by atoms with Gasteiger partial charge in [-0.25, -0.2) is 4.79 Å². The van der Waals surface area contributed by atoms with Gasteiger partial charge in [-0.1, -0.05) is 6.08 Å². The predicted octanol–water partition coefficient (Wildman–Crippen LogP) is 0.707. The molecule has 0 aromatic rings. The summed E-state index contributed by atoms with van der Waals surface area (Å²) in [6.45, 7) is 3.52. The number of nitrogens with one attached hydrogen (secondary N) is 1. The molecule has 0 saturated heterocycles. The third kappa shape index (κ3) is 9.22. The molecule has 0 aliphatic carbocycles.